The molecule has 9 heteroatoms. The molecule has 1 saturated heterocycles. The number of rotatable bonds is 7. The summed E-state index contributed by atoms with van der Waals surface area (Å²) >= 11 is 2.61. The molecule has 1 atom stereocenters. The van der Waals surface area contributed by atoms with Crippen LogP contribution in [0.5, 0.6) is 5.75 Å². The predicted octanol–water partition coefficient (Wildman–Crippen LogP) is 2.57. The molecule has 1 N–H and O–H groups in total. The normalized spacial score (nSPS) is 17.0. The number of carbonyl (C=O) groups is 2. The molecule has 0 saturated carbocycles. The Morgan fingerprint density at radius 1 is 1.40 bits per heavy atom. The number of imide groups is 1. The van der Waals surface area contributed by atoms with Crippen LogP contribution in [0.25, 0.3) is 0 Å². The number of ether oxygens (including phenoxy) is 1. The number of benzene rings is 1. The van der Waals surface area contributed by atoms with Crippen molar-refractivity contribution in [2.45, 2.75) is 16.0 Å². The first kappa shape index (κ1) is 17.4. The van der Waals surface area contributed by atoms with E-state index in [0.29, 0.717) is 27.5 Å². The van der Waals surface area contributed by atoms with Crippen molar-refractivity contribution in [1.82, 2.24) is 10.2 Å². The number of methoxy groups -OCH3 is 1. The van der Waals surface area contributed by atoms with E-state index in [2.05, 4.69) is 22.1 Å². The van der Waals surface area contributed by atoms with Crippen molar-refractivity contribution in [2.24, 2.45) is 0 Å². The van der Waals surface area contributed by atoms with E-state index in [1.54, 1.807) is 37.5 Å². The van der Waals surface area contributed by atoms with Gasteiger partial charge in [0.2, 0.25) is 16.9 Å². The zero-order valence-electron chi connectivity index (χ0n) is 13.5. The van der Waals surface area contributed by atoms with Crippen molar-refractivity contribution >= 4 is 45.7 Å². The lowest BCUT2D eigenvalue weighted by molar-refractivity contribution is -0.121. The number of hydrogen-bond donors (Lipinski definition) is 1. The molecule has 1 fully saturated rings. The third-order valence-corrected chi connectivity index (χ3v) is 5.63. The lowest BCUT2D eigenvalue weighted by Crippen LogP contribution is -2.31. The van der Waals surface area contributed by atoms with Gasteiger partial charge in [0, 0.05) is 13.0 Å². The van der Waals surface area contributed by atoms with Gasteiger partial charge in [-0.05, 0) is 24.3 Å². The Morgan fingerprint density at radius 2 is 2.16 bits per heavy atom. The summed E-state index contributed by atoms with van der Waals surface area (Å²) in [7, 11) is 1.56. The third kappa shape index (κ3) is 3.83. The summed E-state index contributed by atoms with van der Waals surface area (Å²) in [6.45, 7) is 4.21. The van der Waals surface area contributed by atoms with Crippen molar-refractivity contribution < 1.29 is 14.3 Å². The minimum Gasteiger partial charge on any atom is -0.497 e. The van der Waals surface area contributed by atoms with Gasteiger partial charge in [-0.15, -0.1) is 16.8 Å². The lowest BCUT2D eigenvalue weighted by atomic mass is 10.3. The van der Waals surface area contributed by atoms with Crippen LogP contribution >= 0.6 is 23.1 Å². The SMILES string of the molecule is C=CCNc1nnc(S[C@@H]2CC(=O)N(c3ccc(OC)cc3)C2=O)s1. The van der Waals surface area contributed by atoms with E-state index in [1.807, 2.05) is 0 Å². The summed E-state index contributed by atoms with van der Waals surface area (Å²) in [6, 6.07) is 6.84. The van der Waals surface area contributed by atoms with Gasteiger partial charge < -0.3 is 10.1 Å². The van der Waals surface area contributed by atoms with Crippen molar-refractivity contribution in [2.75, 3.05) is 23.9 Å². The van der Waals surface area contributed by atoms with Crippen molar-refractivity contribution in [3.05, 3.63) is 36.9 Å². The maximum atomic E-state index is 12.6. The average molecular weight is 376 g/mol. The molecule has 7 nitrogen and oxygen atoms in total. The van der Waals surface area contributed by atoms with Gasteiger partial charge in [-0.3, -0.25) is 9.59 Å². The lowest BCUT2D eigenvalue weighted by Gasteiger charge is -2.14. The molecule has 0 bridgehead atoms. The van der Waals surface area contributed by atoms with Crippen LogP contribution in [0.1, 0.15) is 6.42 Å². The number of anilines is 2. The Labute approximate surface area is 153 Å². The van der Waals surface area contributed by atoms with Crippen LogP contribution in [0, 0.1) is 0 Å². The number of thioether (sulfide) groups is 1. The summed E-state index contributed by atoms with van der Waals surface area (Å²) in [5.74, 6) is 0.209. The van der Waals surface area contributed by atoms with E-state index in [4.69, 9.17) is 4.74 Å². The Kier molecular flexibility index (Phi) is 5.34. The molecular weight excluding hydrogens is 360 g/mol. The van der Waals surface area contributed by atoms with Crippen LogP contribution in [0.15, 0.2) is 41.3 Å². The van der Waals surface area contributed by atoms with Crippen LogP contribution < -0.4 is 15.0 Å². The zero-order valence-corrected chi connectivity index (χ0v) is 15.1. The second kappa shape index (κ2) is 7.66. The van der Waals surface area contributed by atoms with Crippen LogP contribution in [-0.4, -0.2) is 40.9 Å². The summed E-state index contributed by atoms with van der Waals surface area (Å²) < 4.78 is 5.74. The van der Waals surface area contributed by atoms with Gasteiger partial charge >= 0.3 is 0 Å². The molecule has 1 aromatic carbocycles. The zero-order chi connectivity index (χ0) is 17.8. The molecule has 2 heterocycles. The highest BCUT2D eigenvalue weighted by atomic mass is 32.2. The second-order valence-corrected chi connectivity index (χ2v) is 7.55. The number of nitrogens with one attached hydrogen (secondary N) is 1. The topological polar surface area (TPSA) is 84.4 Å². The maximum absolute atomic E-state index is 12.6. The molecule has 2 aromatic rings. The Bertz CT molecular complexity index is 791. The smallest absolute Gasteiger partial charge is 0.247 e. The predicted molar refractivity (Wildman–Crippen MR) is 98.3 cm³/mol. The van der Waals surface area contributed by atoms with Gasteiger partial charge in [0.05, 0.1) is 12.8 Å². The Morgan fingerprint density at radius 3 is 2.84 bits per heavy atom. The molecule has 2 amide bonds. The van der Waals surface area contributed by atoms with Gasteiger partial charge in [-0.1, -0.05) is 29.2 Å². The standard InChI is InChI=1S/C16H16N4O3S2/c1-3-8-17-15-18-19-16(25-15)24-12-9-13(21)20(14(12)22)10-4-6-11(23-2)7-5-10/h3-7,12H,1,8-9H2,2H3,(H,17,18)/t12-/m1/s1. The molecule has 0 aliphatic carbocycles. The summed E-state index contributed by atoms with van der Waals surface area (Å²) in [5.41, 5.74) is 0.546. The monoisotopic (exact) mass is 376 g/mol. The number of hydrogen-bond acceptors (Lipinski definition) is 8. The summed E-state index contributed by atoms with van der Waals surface area (Å²) in [6.07, 6.45) is 1.87. The first-order valence-electron chi connectivity index (χ1n) is 7.48. The second-order valence-electron chi connectivity index (χ2n) is 5.12. The maximum Gasteiger partial charge on any atom is 0.247 e. The van der Waals surface area contributed by atoms with Crippen LogP contribution in [-0.2, 0) is 9.59 Å². The minimum atomic E-state index is -0.491. The number of aromatic nitrogens is 2. The highest BCUT2D eigenvalue weighted by Gasteiger charge is 2.40. The van der Waals surface area contributed by atoms with Crippen LogP contribution in [0.4, 0.5) is 10.8 Å². The first-order valence-corrected chi connectivity index (χ1v) is 9.17. The van der Waals surface area contributed by atoms with Crippen LogP contribution in [0.3, 0.4) is 0 Å². The molecular formula is C16H16N4O3S2. The van der Waals surface area contributed by atoms with Gasteiger partial charge in [0.15, 0.2) is 4.34 Å². The van der Waals surface area contributed by atoms with Gasteiger partial charge in [-0.2, -0.15) is 0 Å². The number of amides is 2. The van der Waals surface area contributed by atoms with E-state index >= 15 is 0 Å². The van der Waals surface area contributed by atoms with Crippen LogP contribution in [0.2, 0.25) is 0 Å². The van der Waals surface area contributed by atoms with E-state index in [9.17, 15) is 9.59 Å². The minimum absolute atomic E-state index is 0.143. The average Bonchev–Trinajstić information content (AvgIpc) is 3.18. The fourth-order valence-electron chi connectivity index (χ4n) is 2.31. The number of carbonyl (C=O) groups excluding carboxylic acids is 2. The Balaban J connectivity index is 1.70. The largest absolute Gasteiger partial charge is 0.497 e. The highest BCUT2D eigenvalue weighted by Crippen LogP contribution is 2.36. The van der Waals surface area contributed by atoms with Crippen molar-refractivity contribution in [1.29, 1.82) is 0 Å². The molecule has 0 radical (unpaired) electrons. The van der Waals surface area contributed by atoms with E-state index in [0.717, 1.165) is 0 Å². The first-order chi connectivity index (χ1) is 12.1. The van der Waals surface area contributed by atoms with E-state index < -0.39 is 5.25 Å². The molecule has 130 valence electrons. The highest BCUT2D eigenvalue weighted by molar-refractivity contribution is 8.02. The van der Waals surface area contributed by atoms with E-state index in [-0.39, 0.29) is 18.2 Å². The van der Waals surface area contributed by atoms with Gasteiger partial charge in [0.1, 0.15) is 11.0 Å². The van der Waals surface area contributed by atoms with Crippen molar-refractivity contribution in [3.8, 4) is 5.75 Å². The number of nitrogens with zero attached hydrogens (tertiary/aromatic N) is 3. The third-order valence-electron chi connectivity index (χ3n) is 3.48. The summed E-state index contributed by atoms with van der Waals surface area (Å²) in [4.78, 5) is 26.1. The molecule has 1 aliphatic heterocycles. The summed E-state index contributed by atoms with van der Waals surface area (Å²) in [5, 5.41) is 11.3. The molecule has 1 aliphatic rings. The van der Waals surface area contributed by atoms with Crippen molar-refractivity contribution in [3.63, 3.8) is 0 Å². The molecule has 1 aromatic heterocycles. The van der Waals surface area contributed by atoms with E-state index in [1.165, 1.54) is 28.0 Å². The van der Waals surface area contributed by atoms with Gasteiger partial charge in [0.25, 0.3) is 0 Å². The quantitative estimate of drug-likeness (QED) is 0.587. The van der Waals surface area contributed by atoms with Gasteiger partial charge in [-0.25, -0.2) is 4.90 Å². The molecule has 25 heavy (non-hydrogen) atoms. The molecule has 0 spiro atoms. The fraction of sp³-hybridized carbons (Fsp3) is 0.250. The Hall–Kier alpha value is -2.39. The molecule has 0 unspecified atom stereocenters. The molecule has 3 rings (SSSR count). The fourth-order valence-corrected chi connectivity index (χ4v) is 4.33.